The minimum absolute atomic E-state index is 0.141. The summed E-state index contributed by atoms with van der Waals surface area (Å²) in [5.41, 5.74) is 0. The van der Waals surface area contributed by atoms with E-state index < -0.39 is 50.6 Å². The van der Waals surface area contributed by atoms with Gasteiger partial charge in [0.15, 0.2) is 0 Å². The molecule has 0 saturated heterocycles. The molecular weight excluding hydrogens is 398 g/mol. The molecule has 0 N–H and O–H groups in total. The Morgan fingerprint density at radius 3 is 0.846 bits per heavy atom. The zero-order chi connectivity index (χ0) is 20.5. The molecule has 14 heteroatoms. The van der Waals surface area contributed by atoms with Gasteiger partial charge in [0.1, 0.15) is 13.2 Å². The van der Waals surface area contributed by atoms with Crippen molar-refractivity contribution in [2.75, 3.05) is 52.9 Å². The number of hydrogen-bond donors (Lipinski definition) is 0. The van der Waals surface area contributed by atoms with Crippen LogP contribution in [0.15, 0.2) is 0 Å². The van der Waals surface area contributed by atoms with Crippen molar-refractivity contribution < 1.29 is 62.9 Å². The Morgan fingerprint density at radius 1 is 0.385 bits per heavy atom. The van der Waals surface area contributed by atoms with Crippen molar-refractivity contribution in [3.05, 3.63) is 0 Å². The van der Waals surface area contributed by atoms with Crippen LogP contribution >= 0.6 is 0 Å². The van der Waals surface area contributed by atoms with E-state index in [4.69, 9.17) is 9.47 Å². The molecule has 0 atom stereocenters. The normalized spacial score (nSPS) is 14.1. The first kappa shape index (κ1) is 25.1. The van der Waals surface area contributed by atoms with Gasteiger partial charge in [-0.15, -0.1) is 0 Å². The van der Waals surface area contributed by atoms with E-state index in [0.717, 1.165) is 0 Å². The Kier molecular flexibility index (Phi) is 10.1. The van der Waals surface area contributed by atoms with Gasteiger partial charge in [-0.3, -0.25) is 0 Å². The first-order valence-electron chi connectivity index (χ1n) is 6.91. The highest BCUT2D eigenvalue weighted by Gasteiger charge is 2.58. The summed E-state index contributed by atoms with van der Waals surface area (Å²) in [4.78, 5) is 0. The molecule has 0 aromatic carbocycles. The van der Waals surface area contributed by atoms with Gasteiger partial charge >= 0.3 is 24.2 Å². The number of ether oxygens (including phenoxy) is 4. The Hall–Kier alpha value is -0.860. The largest absolute Gasteiger partial charge is 0.455 e. The quantitative estimate of drug-likeness (QED) is 0.342. The third-order valence-corrected chi connectivity index (χ3v) is 2.51. The van der Waals surface area contributed by atoms with Crippen molar-refractivity contribution in [2.24, 2.45) is 0 Å². The summed E-state index contributed by atoms with van der Waals surface area (Å²) in [6.45, 7) is -5.69. The molecule has 0 aliphatic heterocycles. The van der Waals surface area contributed by atoms with Gasteiger partial charge < -0.3 is 18.9 Å². The summed E-state index contributed by atoms with van der Waals surface area (Å²) in [6.07, 6.45) is -11.4. The van der Waals surface area contributed by atoms with E-state index in [1.165, 1.54) is 0 Å². The molecule has 0 heterocycles. The van der Waals surface area contributed by atoms with Crippen LogP contribution in [0, 0.1) is 0 Å². The second-order valence-electron chi connectivity index (χ2n) is 4.73. The number of rotatable bonds is 13. The topological polar surface area (TPSA) is 36.9 Å². The van der Waals surface area contributed by atoms with E-state index in [9.17, 15) is 43.9 Å². The lowest BCUT2D eigenvalue weighted by Crippen LogP contribution is -2.41. The molecule has 0 spiro atoms. The molecule has 0 aliphatic carbocycles. The maximum absolute atomic E-state index is 12.4. The molecular formula is C12H16F10O4. The first-order valence-corrected chi connectivity index (χ1v) is 6.91. The maximum Gasteiger partial charge on any atom is 0.455 e. The van der Waals surface area contributed by atoms with Crippen molar-refractivity contribution in [1.82, 2.24) is 0 Å². The highest BCUT2D eigenvalue weighted by Crippen LogP contribution is 2.36. The van der Waals surface area contributed by atoms with Gasteiger partial charge in [-0.1, -0.05) is 0 Å². The summed E-state index contributed by atoms with van der Waals surface area (Å²) < 4.78 is 138. The molecule has 0 unspecified atom stereocenters. The third-order valence-electron chi connectivity index (χ3n) is 2.51. The van der Waals surface area contributed by atoms with Crippen LogP contribution in [0.1, 0.15) is 0 Å². The zero-order valence-corrected chi connectivity index (χ0v) is 13.1. The van der Waals surface area contributed by atoms with Gasteiger partial charge in [0.05, 0.1) is 39.6 Å². The lowest BCUT2D eigenvalue weighted by molar-refractivity contribution is -0.297. The van der Waals surface area contributed by atoms with Crippen LogP contribution in [-0.2, 0) is 18.9 Å². The van der Waals surface area contributed by atoms with Crippen LogP contribution in [0.3, 0.4) is 0 Å². The van der Waals surface area contributed by atoms with Gasteiger partial charge in [0.2, 0.25) is 0 Å². The van der Waals surface area contributed by atoms with Crippen molar-refractivity contribution in [3.63, 3.8) is 0 Å². The SMILES string of the molecule is FC(F)(F)C(F)(F)COCCOCCOCCOCC(F)(F)C(F)(F)F. The molecule has 0 fully saturated rings. The van der Waals surface area contributed by atoms with E-state index in [2.05, 4.69) is 9.47 Å². The number of alkyl halides is 10. The minimum atomic E-state index is -5.71. The smallest absolute Gasteiger partial charge is 0.377 e. The molecule has 0 saturated carbocycles. The van der Waals surface area contributed by atoms with Crippen LogP contribution in [0.25, 0.3) is 0 Å². The van der Waals surface area contributed by atoms with Crippen LogP contribution in [0.2, 0.25) is 0 Å². The summed E-state index contributed by atoms with van der Waals surface area (Å²) in [7, 11) is 0. The molecule has 0 bridgehead atoms. The fourth-order valence-corrected chi connectivity index (χ4v) is 1.12. The molecule has 4 nitrogen and oxygen atoms in total. The van der Waals surface area contributed by atoms with Gasteiger partial charge in [0, 0.05) is 0 Å². The Morgan fingerprint density at radius 2 is 0.615 bits per heavy atom. The minimum Gasteiger partial charge on any atom is -0.377 e. The molecule has 26 heavy (non-hydrogen) atoms. The van der Waals surface area contributed by atoms with E-state index in [0.29, 0.717) is 0 Å². The molecule has 0 rings (SSSR count). The zero-order valence-electron chi connectivity index (χ0n) is 13.1. The average molecular weight is 414 g/mol. The molecule has 0 aromatic heterocycles. The highest BCUT2D eigenvalue weighted by molar-refractivity contribution is 4.75. The first-order chi connectivity index (χ1) is 11.7. The summed E-state index contributed by atoms with van der Waals surface area (Å²) >= 11 is 0. The van der Waals surface area contributed by atoms with Crippen LogP contribution in [0.5, 0.6) is 0 Å². The standard InChI is InChI=1S/C12H16F10O4/c13-9(14,11(17,18)19)7-25-5-3-23-1-2-24-4-6-26-8-10(15,16)12(20,21)22/h1-8H2. The summed E-state index contributed by atoms with van der Waals surface area (Å²) in [5.74, 6) is -9.95. The molecule has 0 amide bonds. The van der Waals surface area contributed by atoms with Crippen molar-refractivity contribution >= 4 is 0 Å². The van der Waals surface area contributed by atoms with Crippen molar-refractivity contribution in [2.45, 2.75) is 24.2 Å². The predicted molar refractivity (Wildman–Crippen MR) is 65.3 cm³/mol. The van der Waals surface area contributed by atoms with Crippen molar-refractivity contribution in [3.8, 4) is 0 Å². The monoisotopic (exact) mass is 414 g/mol. The average Bonchev–Trinajstić information content (AvgIpc) is 2.45. The second-order valence-corrected chi connectivity index (χ2v) is 4.73. The highest BCUT2D eigenvalue weighted by atomic mass is 19.4. The van der Waals surface area contributed by atoms with Gasteiger partial charge in [0.25, 0.3) is 0 Å². The molecule has 0 radical (unpaired) electrons. The van der Waals surface area contributed by atoms with E-state index in [-0.39, 0.29) is 26.4 Å². The predicted octanol–water partition coefficient (Wildman–Crippen LogP) is 3.45. The fourth-order valence-electron chi connectivity index (χ4n) is 1.12. The van der Waals surface area contributed by atoms with Crippen LogP contribution in [0.4, 0.5) is 43.9 Å². The van der Waals surface area contributed by atoms with Crippen molar-refractivity contribution in [1.29, 1.82) is 0 Å². The number of hydrogen-bond acceptors (Lipinski definition) is 4. The van der Waals surface area contributed by atoms with E-state index in [1.54, 1.807) is 0 Å². The second kappa shape index (κ2) is 10.5. The molecule has 158 valence electrons. The van der Waals surface area contributed by atoms with Gasteiger partial charge in [-0.2, -0.15) is 43.9 Å². The molecule has 0 aliphatic rings. The Labute approximate surface area is 141 Å². The summed E-state index contributed by atoms with van der Waals surface area (Å²) in [5, 5.41) is 0. The number of halogens is 10. The summed E-state index contributed by atoms with van der Waals surface area (Å²) in [6, 6.07) is 0. The Bertz CT molecular complexity index is 347. The Balaban J connectivity index is 3.51. The fraction of sp³-hybridized carbons (Fsp3) is 1.00. The lowest BCUT2D eigenvalue weighted by Gasteiger charge is -2.19. The lowest BCUT2D eigenvalue weighted by atomic mass is 10.3. The van der Waals surface area contributed by atoms with Gasteiger partial charge in [-0.05, 0) is 0 Å². The molecule has 0 aromatic rings. The van der Waals surface area contributed by atoms with Gasteiger partial charge in [-0.25, -0.2) is 0 Å². The van der Waals surface area contributed by atoms with E-state index in [1.807, 2.05) is 0 Å². The van der Waals surface area contributed by atoms with E-state index >= 15 is 0 Å². The third kappa shape index (κ3) is 9.73. The maximum atomic E-state index is 12.4. The van der Waals surface area contributed by atoms with Crippen LogP contribution in [-0.4, -0.2) is 77.1 Å². The van der Waals surface area contributed by atoms with Crippen LogP contribution < -0.4 is 0 Å².